The molecule has 1 aromatic carbocycles. The van der Waals surface area contributed by atoms with E-state index in [0.29, 0.717) is 0 Å². The monoisotopic (exact) mass is 163 g/mol. The van der Waals surface area contributed by atoms with Crippen LogP contribution in [0.5, 0.6) is 5.75 Å². The van der Waals surface area contributed by atoms with E-state index in [1.165, 1.54) is 6.08 Å². The first-order chi connectivity index (χ1) is 5.77. The molecule has 0 unspecified atom stereocenters. The van der Waals surface area contributed by atoms with Crippen LogP contribution >= 0.6 is 0 Å². The Labute approximate surface area is 70.4 Å². The van der Waals surface area contributed by atoms with Gasteiger partial charge in [0.1, 0.15) is 11.4 Å². The predicted octanol–water partition coefficient (Wildman–Crippen LogP) is 1.92. The molecule has 0 amide bonds. The molecule has 0 atom stereocenters. The molecule has 0 saturated carbocycles. The number of aromatic hydroxyl groups is 1. The molecule has 0 aliphatic rings. The molecule has 1 aromatic rings. The summed E-state index contributed by atoms with van der Waals surface area (Å²) in [5.41, 5.74) is 1.28. The third-order valence-electron chi connectivity index (χ3n) is 1.61. The van der Waals surface area contributed by atoms with Crippen molar-refractivity contribution >= 4 is 11.8 Å². The van der Waals surface area contributed by atoms with E-state index in [0.717, 1.165) is 12.0 Å². The zero-order valence-electron chi connectivity index (χ0n) is 6.74. The number of hydrogen-bond donors (Lipinski definition) is 1. The molecule has 0 radical (unpaired) electrons. The van der Waals surface area contributed by atoms with Crippen LogP contribution in [0.25, 0.3) is 0 Å². The average Bonchev–Trinajstić information content (AvgIpc) is 2.09. The first-order valence-corrected chi connectivity index (χ1v) is 3.67. The minimum atomic E-state index is 0.0256. The van der Waals surface area contributed by atoms with Gasteiger partial charge in [-0.15, -0.1) is 0 Å². The van der Waals surface area contributed by atoms with Gasteiger partial charge in [0.15, 0.2) is 0 Å². The minimum Gasteiger partial charge on any atom is -0.506 e. The molecule has 1 N–H and O–H groups in total. The highest BCUT2D eigenvalue weighted by Gasteiger charge is 1.99. The van der Waals surface area contributed by atoms with Crippen molar-refractivity contribution in [1.82, 2.24) is 0 Å². The molecular formula is C9H9NO2. The molecule has 0 spiro atoms. The van der Waals surface area contributed by atoms with Crippen LogP contribution in [0.2, 0.25) is 0 Å². The summed E-state index contributed by atoms with van der Waals surface area (Å²) in [5.74, 6) is 0.0256. The van der Waals surface area contributed by atoms with E-state index >= 15 is 0 Å². The van der Waals surface area contributed by atoms with Gasteiger partial charge in [0.25, 0.3) is 0 Å². The van der Waals surface area contributed by atoms with Crippen molar-refractivity contribution < 1.29 is 9.90 Å². The van der Waals surface area contributed by atoms with Crippen LogP contribution in [0.1, 0.15) is 12.5 Å². The van der Waals surface area contributed by atoms with Crippen LogP contribution in [0, 0.1) is 0 Å². The lowest BCUT2D eigenvalue weighted by Crippen LogP contribution is -1.78. The van der Waals surface area contributed by atoms with Gasteiger partial charge >= 0.3 is 0 Å². The Kier molecular flexibility index (Phi) is 2.62. The lowest BCUT2D eigenvalue weighted by Gasteiger charge is -1.99. The molecule has 0 aliphatic heterocycles. The van der Waals surface area contributed by atoms with Crippen molar-refractivity contribution in [2.24, 2.45) is 4.99 Å². The summed E-state index contributed by atoms with van der Waals surface area (Å²) in [6.07, 6.45) is 2.22. The quantitative estimate of drug-likeness (QED) is 0.535. The smallest absolute Gasteiger partial charge is 0.240 e. The molecule has 0 saturated heterocycles. The van der Waals surface area contributed by atoms with Gasteiger partial charge in [-0.3, -0.25) is 0 Å². The van der Waals surface area contributed by atoms with Crippen LogP contribution < -0.4 is 0 Å². The number of rotatable bonds is 2. The fraction of sp³-hybridized carbons (Fsp3) is 0.222. The number of phenols is 1. The molecule has 3 nitrogen and oxygen atoms in total. The molecule has 0 fully saturated rings. The number of phenolic OH excluding ortho intramolecular Hbond substituents is 1. The standard InChI is InChI=1S/C9H9NO2/c1-2-7-3-4-8(10-6-11)9(12)5-7/h3-5,12H,2H2,1H3. The summed E-state index contributed by atoms with van der Waals surface area (Å²) in [6.45, 7) is 1.98. The maximum absolute atomic E-state index is 9.88. The van der Waals surface area contributed by atoms with Crippen LogP contribution in [0.15, 0.2) is 23.2 Å². The van der Waals surface area contributed by atoms with Gasteiger partial charge in [0.2, 0.25) is 6.08 Å². The Bertz CT molecular complexity index is 327. The molecule has 1 rings (SSSR count). The van der Waals surface area contributed by atoms with Crippen LogP contribution in [0.3, 0.4) is 0 Å². The van der Waals surface area contributed by atoms with E-state index in [4.69, 9.17) is 0 Å². The molecule has 0 aliphatic carbocycles. The maximum Gasteiger partial charge on any atom is 0.240 e. The van der Waals surface area contributed by atoms with Crippen LogP contribution in [0.4, 0.5) is 5.69 Å². The Morgan fingerprint density at radius 2 is 2.33 bits per heavy atom. The highest BCUT2D eigenvalue weighted by molar-refractivity contribution is 5.57. The fourth-order valence-electron chi connectivity index (χ4n) is 0.933. The lowest BCUT2D eigenvalue weighted by molar-refractivity contribution is 0.476. The summed E-state index contributed by atoms with van der Waals surface area (Å²) in [7, 11) is 0. The zero-order valence-corrected chi connectivity index (χ0v) is 6.74. The van der Waals surface area contributed by atoms with Gasteiger partial charge < -0.3 is 5.11 Å². The third kappa shape index (κ3) is 1.71. The molecule has 0 heterocycles. The lowest BCUT2D eigenvalue weighted by atomic mass is 10.1. The summed E-state index contributed by atoms with van der Waals surface area (Å²) >= 11 is 0. The number of benzene rings is 1. The van der Waals surface area contributed by atoms with Crippen molar-refractivity contribution in [1.29, 1.82) is 0 Å². The Morgan fingerprint density at radius 3 is 2.83 bits per heavy atom. The van der Waals surface area contributed by atoms with E-state index in [-0.39, 0.29) is 11.4 Å². The Balaban J connectivity index is 3.11. The summed E-state index contributed by atoms with van der Waals surface area (Å²) in [6, 6.07) is 5.01. The summed E-state index contributed by atoms with van der Waals surface area (Å²) in [4.78, 5) is 13.2. The summed E-state index contributed by atoms with van der Waals surface area (Å²) in [5, 5.41) is 9.28. The van der Waals surface area contributed by atoms with Crippen molar-refractivity contribution in [2.45, 2.75) is 13.3 Å². The first kappa shape index (κ1) is 8.50. The normalized spacial score (nSPS) is 9.08. The van der Waals surface area contributed by atoms with Crippen molar-refractivity contribution in [2.75, 3.05) is 0 Å². The van der Waals surface area contributed by atoms with Crippen molar-refractivity contribution in [3.05, 3.63) is 23.8 Å². The van der Waals surface area contributed by atoms with Crippen LogP contribution in [-0.4, -0.2) is 11.2 Å². The van der Waals surface area contributed by atoms with Gasteiger partial charge in [-0.25, -0.2) is 4.79 Å². The van der Waals surface area contributed by atoms with Crippen LogP contribution in [-0.2, 0) is 11.2 Å². The molecular weight excluding hydrogens is 154 g/mol. The molecule has 62 valence electrons. The number of nitrogens with zero attached hydrogens (tertiary/aromatic N) is 1. The van der Waals surface area contributed by atoms with Gasteiger partial charge in [0, 0.05) is 0 Å². The number of carbonyl (C=O) groups excluding carboxylic acids is 1. The number of aliphatic imine (C=N–C) groups is 1. The highest BCUT2D eigenvalue weighted by Crippen LogP contribution is 2.26. The predicted molar refractivity (Wildman–Crippen MR) is 45.3 cm³/mol. The van der Waals surface area contributed by atoms with Gasteiger partial charge in [-0.1, -0.05) is 13.0 Å². The third-order valence-corrected chi connectivity index (χ3v) is 1.61. The Morgan fingerprint density at radius 1 is 1.58 bits per heavy atom. The summed E-state index contributed by atoms with van der Waals surface area (Å²) < 4.78 is 0. The average molecular weight is 163 g/mol. The maximum atomic E-state index is 9.88. The van der Waals surface area contributed by atoms with E-state index in [1.807, 2.05) is 13.0 Å². The Hall–Kier alpha value is -1.60. The van der Waals surface area contributed by atoms with Crippen molar-refractivity contribution in [3.63, 3.8) is 0 Å². The minimum absolute atomic E-state index is 0.0256. The van der Waals surface area contributed by atoms with Gasteiger partial charge in [-0.05, 0) is 24.1 Å². The zero-order chi connectivity index (χ0) is 8.97. The first-order valence-electron chi connectivity index (χ1n) is 3.67. The van der Waals surface area contributed by atoms with E-state index in [2.05, 4.69) is 4.99 Å². The molecule has 0 aromatic heterocycles. The number of isocyanates is 1. The molecule has 0 bridgehead atoms. The highest BCUT2D eigenvalue weighted by atomic mass is 16.3. The number of hydrogen-bond acceptors (Lipinski definition) is 3. The SMILES string of the molecule is CCc1ccc(N=C=O)c(O)c1. The second kappa shape index (κ2) is 3.69. The second-order valence-corrected chi connectivity index (χ2v) is 2.38. The number of aryl methyl sites for hydroxylation is 1. The fourth-order valence-corrected chi connectivity index (χ4v) is 0.933. The topological polar surface area (TPSA) is 49.7 Å². The second-order valence-electron chi connectivity index (χ2n) is 2.38. The van der Waals surface area contributed by atoms with E-state index in [9.17, 15) is 9.90 Å². The van der Waals surface area contributed by atoms with E-state index in [1.54, 1.807) is 12.1 Å². The van der Waals surface area contributed by atoms with Crippen molar-refractivity contribution in [3.8, 4) is 5.75 Å². The van der Waals surface area contributed by atoms with Gasteiger partial charge in [-0.2, -0.15) is 4.99 Å². The van der Waals surface area contributed by atoms with Gasteiger partial charge in [0.05, 0.1) is 0 Å². The largest absolute Gasteiger partial charge is 0.506 e. The van der Waals surface area contributed by atoms with E-state index < -0.39 is 0 Å². The molecule has 12 heavy (non-hydrogen) atoms. The molecule has 3 heteroatoms.